The van der Waals surface area contributed by atoms with Crippen LogP contribution in [-0.4, -0.2) is 0 Å². The van der Waals surface area contributed by atoms with E-state index in [1.807, 2.05) is 0 Å². The maximum absolute atomic E-state index is 0. The van der Waals surface area contributed by atoms with Gasteiger partial charge in [-0.1, -0.05) is 0 Å². The molecule has 0 heterocycles. The fourth-order valence-corrected chi connectivity index (χ4v) is 0. The van der Waals surface area contributed by atoms with Crippen molar-refractivity contribution in [2.24, 2.45) is 0 Å². The van der Waals surface area contributed by atoms with Gasteiger partial charge in [-0.05, 0) is 0 Å². The van der Waals surface area contributed by atoms with Crippen LogP contribution in [0.2, 0.25) is 0 Å². The smallest absolute Gasteiger partial charge is 0 e. The van der Waals surface area contributed by atoms with E-state index in [9.17, 15) is 0 Å². The molecule has 0 N–H and O–H groups in total. The van der Waals surface area contributed by atoms with Crippen molar-refractivity contribution in [2.45, 2.75) is 0 Å². The first-order valence-corrected chi connectivity index (χ1v) is 0. The predicted molar refractivity (Wildman–Crippen MR) is 0 cm³/mol. The molecule has 134 heavy (non-hydrogen) atoms. The minimum atomic E-state index is 0. The SMILES string of the molecule is [Y].[Y].[Y].[Y].[Y].[Y].[Y].[Y].[Y].[Y].[Y].[Y].[Y].[Y].[Y].[Y].[Y].[Y].[Y].[Y].[Y].[Y].[Y].[Y].[Y].[Y].[Y].[Y].[Y].[Y].[Y].[Y].[Y].[Y].[Y].[Y].[Y].[Y].[Y].[Y].[Y].[Y].[Y].[Y].[Y].[Y].[Y].[Y].[Y].[Y].[Y].[Y].[Y].[Y].[Y].[Y].[Y].[Y].[Y].[Y].[Y].[Y].[Y].[Y].[Y].[Y].[Y].[Y].[Y].[Y].[Y].[Y].[Y].[Y].[Y].[Y].[Y].[Y].[Y].[Y].[Y].[Y].[Y].[Y].[Y].[Y].[Y].[Y].[Y].[Y].[Y].[Y].[Y].[Y].[Y].[Y].[Y].[Y].[Y].[Y].[Y].[Y].[Y].[Y].[Y].[Y].[Y].[Y].[Y].[Y].[Y].[Y].[Y].[Y].[Y].[Y].[Y].[Y].[Y].[Y].[Y].[Y].[Y].[Y].[Y].[Y].[Y].[Y].[Y].[Y].[Y].[Y].[Y].[Y]. The molecule has 0 unspecified atom stereocenters. The number of rotatable bonds is 0. The topological polar surface area (TPSA) is 0 Å². The van der Waals surface area contributed by atoms with Gasteiger partial charge in [0.2, 0.25) is 0 Å². The molecular formula is Y134. The van der Waals surface area contributed by atoms with E-state index in [1.54, 1.807) is 0 Å². The van der Waals surface area contributed by atoms with Crippen LogP contribution in [0.25, 0.3) is 0 Å². The standard InChI is InChI=1S/134Y. The third-order valence-corrected chi connectivity index (χ3v) is 0. The zero-order chi connectivity index (χ0) is 0. The van der Waals surface area contributed by atoms with Gasteiger partial charge in [0.1, 0.15) is 0 Å². The van der Waals surface area contributed by atoms with Gasteiger partial charge in [0, 0.05) is 4380 Å². The molecule has 0 nitrogen and oxygen atoms in total. The molecule has 0 aliphatic heterocycles. The normalized spacial score (nSPS) is 0. The minimum Gasteiger partial charge on any atom is 0 e. The molecule has 0 aromatic heterocycles. The molecule has 0 aromatic carbocycles. The van der Waals surface area contributed by atoms with Crippen LogP contribution in [0, 0.1) is 0 Å². The largest absolute Gasteiger partial charge is 0 e. The van der Waals surface area contributed by atoms with Crippen molar-refractivity contribution in [3.05, 3.63) is 0 Å². The first-order valence-electron chi connectivity index (χ1n) is 0. The summed E-state index contributed by atoms with van der Waals surface area (Å²) in [6.45, 7) is 0. The maximum Gasteiger partial charge on any atom is 0 e. The molecule has 0 saturated heterocycles. The third kappa shape index (κ3) is 995. The van der Waals surface area contributed by atoms with Gasteiger partial charge in [0.25, 0.3) is 0 Å². The Morgan fingerprint density at radius 3 is 0.00746 bits per heavy atom. The van der Waals surface area contributed by atoms with E-state index in [-0.39, 0.29) is 4380 Å². The second kappa shape index (κ2) is 1010. The summed E-state index contributed by atoms with van der Waals surface area (Å²) in [4.78, 5) is 0. The van der Waals surface area contributed by atoms with Crippen molar-refractivity contribution in [3.8, 4) is 0 Å². The summed E-state index contributed by atoms with van der Waals surface area (Å²) in [5, 5.41) is 0. The Morgan fingerprint density at radius 1 is 0.00746 bits per heavy atom. The molecule has 0 spiro atoms. The molecule has 0 bridgehead atoms. The Balaban J connectivity index is 0. The van der Waals surface area contributed by atoms with Gasteiger partial charge < -0.3 is 0 Å². The summed E-state index contributed by atoms with van der Waals surface area (Å²) in [5.74, 6) is 0. The third-order valence-electron chi connectivity index (χ3n) is 0. The zero-order valence-corrected chi connectivity index (χ0v) is 458. The zero-order valence-electron chi connectivity index (χ0n) is 77.4. The van der Waals surface area contributed by atoms with Crippen LogP contribution in [0.15, 0.2) is 0 Å². The molecule has 0 fully saturated rings. The second-order valence-corrected chi connectivity index (χ2v) is 0. The summed E-state index contributed by atoms with van der Waals surface area (Å²) < 4.78 is 0. The van der Waals surface area contributed by atoms with Crippen molar-refractivity contribution in [1.29, 1.82) is 0 Å². The van der Waals surface area contributed by atoms with E-state index in [0.29, 0.717) is 0 Å². The van der Waals surface area contributed by atoms with Crippen molar-refractivity contribution < 1.29 is 4380 Å². The van der Waals surface area contributed by atoms with Crippen LogP contribution in [-0.2, 0) is 4380 Å². The number of hydrogen-bond acceptors (Lipinski definition) is 0. The Labute approximate surface area is 4210 Å². The molecule has 134 heteroatoms. The van der Waals surface area contributed by atoms with Crippen molar-refractivity contribution >= 4 is 0 Å². The van der Waals surface area contributed by atoms with Crippen molar-refractivity contribution in [1.82, 2.24) is 0 Å². The molecule has 0 rings (SSSR count). The van der Waals surface area contributed by atoms with Gasteiger partial charge in [-0.15, -0.1) is 0 Å². The van der Waals surface area contributed by atoms with E-state index in [4.69, 9.17) is 0 Å². The van der Waals surface area contributed by atoms with Crippen LogP contribution in [0.4, 0.5) is 0 Å². The molecule has 0 aliphatic rings. The summed E-state index contributed by atoms with van der Waals surface area (Å²) in [7, 11) is 0. The molecule has 0 atom stereocenters. The summed E-state index contributed by atoms with van der Waals surface area (Å²) in [6, 6.07) is 0. The van der Waals surface area contributed by atoms with Crippen molar-refractivity contribution in [2.75, 3.05) is 0 Å². The number of hydrogen-bond donors (Lipinski definition) is 0. The maximum atomic E-state index is 0. The Hall–Kier alpha value is 148. The van der Waals surface area contributed by atoms with Gasteiger partial charge in [0.15, 0.2) is 0 Å². The van der Waals surface area contributed by atoms with Crippen LogP contribution in [0.5, 0.6) is 0 Å². The Morgan fingerprint density at radius 2 is 0.00746 bits per heavy atom. The van der Waals surface area contributed by atoms with E-state index in [1.165, 1.54) is 0 Å². The average molecular weight is 11900 g/mol. The first-order chi connectivity index (χ1) is 0. The van der Waals surface area contributed by atoms with Gasteiger partial charge in [-0.25, -0.2) is 0 Å². The Kier molecular flexibility index (Phi) is 7630. The fourth-order valence-electron chi connectivity index (χ4n) is 0. The van der Waals surface area contributed by atoms with Crippen LogP contribution < -0.4 is 0 Å². The van der Waals surface area contributed by atoms with E-state index in [2.05, 4.69) is 0 Å². The Bertz CT molecular complexity index is 0. The van der Waals surface area contributed by atoms with Gasteiger partial charge in [0.05, 0.1) is 0 Å². The summed E-state index contributed by atoms with van der Waals surface area (Å²) in [5.41, 5.74) is 0. The molecule has 134 radical (unpaired) electrons. The summed E-state index contributed by atoms with van der Waals surface area (Å²) in [6.07, 6.45) is 0. The second-order valence-electron chi connectivity index (χ2n) is 0. The van der Waals surface area contributed by atoms with Gasteiger partial charge in [-0.2, -0.15) is 0 Å². The average Bonchev–Trinajstić information content (AvgIpc) is 0. The quantitative estimate of drug-likeness (QED) is 0.313. The molecule has 0 aromatic rings. The van der Waals surface area contributed by atoms with E-state index in [0.717, 1.165) is 0 Å². The van der Waals surface area contributed by atoms with E-state index < -0.39 is 0 Å². The van der Waals surface area contributed by atoms with Gasteiger partial charge in [-0.3, -0.25) is 0 Å². The minimum absolute atomic E-state index is 0. The van der Waals surface area contributed by atoms with Crippen LogP contribution >= 0.6 is 0 Å². The molecule has 0 saturated carbocycles. The van der Waals surface area contributed by atoms with Crippen LogP contribution in [0.3, 0.4) is 0 Å². The first kappa shape index (κ1) is 1020. The fraction of sp³-hybridized carbons (Fsp3) is 0. The van der Waals surface area contributed by atoms with Crippen LogP contribution in [0.1, 0.15) is 0 Å². The summed E-state index contributed by atoms with van der Waals surface area (Å²) >= 11 is 0. The van der Waals surface area contributed by atoms with E-state index >= 15 is 0 Å². The molecular weight excluding hydrogens is 11900 g/mol. The molecule has 0 amide bonds. The molecule has 402 valence electrons. The molecule has 0 aliphatic carbocycles. The predicted octanol–water partition coefficient (Wildman–Crippen LogP) is -0.335. The monoisotopic (exact) mass is 11900 g/mol. The van der Waals surface area contributed by atoms with Gasteiger partial charge >= 0.3 is 0 Å². The van der Waals surface area contributed by atoms with Crippen molar-refractivity contribution in [3.63, 3.8) is 0 Å².